The number of benzene rings is 1. The molecule has 13 heavy (non-hydrogen) atoms. The summed E-state index contributed by atoms with van der Waals surface area (Å²) in [5, 5.41) is 0.163. The normalized spacial score (nSPS) is 13.0. The second-order valence-corrected chi connectivity index (χ2v) is 7.44. The van der Waals surface area contributed by atoms with Gasteiger partial charge < -0.3 is 4.74 Å². The molecule has 0 heterocycles. The summed E-state index contributed by atoms with van der Waals surface area (Å²) in [5.74, 6) is 0.906. The first-order valence-electron chi connectivity index (χ1n) is 4.43. The first-order chi connectivity index (χ1) is 6.16. The SMILES string of the molecule is COc1ccccc1C(Cl)[SiH](C)C. The molecule has 0 aromatic heterocycles. The van der Waals surface area contributed by atoms with Crippen LogP contribution in [0.5, 0.6) is 5.75 Å². The maximum absolute atomic E-state index is 6.31. The number of rotatable bonds is 3. The van der Waals surface area contributed by atoms with Crippen molar-refractivity contribution < 1.29 is 4.74 Å². The third-order valence-electron chi connectivity index (χ3n) is 2.02. The molecule has 0 spiro atoms. The van der Waals surface area contributed by atoms with Crippen LogP contribution in [0.25, 0.3) is 0 Å². The molecule has 1 unspecified atom stereocenters. The Balaban J connectivity index is 2.98. The van der Waals surface area contributed by atoms with Crippen molar-refractivity contribution >= 4 is 20.4 Å². The lowest BCUT2D eigenvalue weighted by Crippen LogP contribution is -2.11. The first-order valence-corrected chi connectivity index (χ1v) is 7.85. The second kappa shape index (κ2) is 4.68. The van der Waals surface area contributed by atoms with E-state index >= 15 is 0 Å². The minimum Gasteiger partial charge on any atom is -0.496 e. The van der Waals surface area contributed by atoms with Gasteiger partial charge in [0.25, 0.3) is 0 Å². The van der Waals surface area contributed by atoms with Gasteiger partial charge in [0.1, 0.15) is 5.75 Å². The van der Waals surface area contributed by atoms with Crippen molar-refractivity contribution in [3.63, 3.8) is 0 Å². The van der Waals surface area contributed by atoms with Crippen LogP contribution in [0.2, 0.25) is 13.1 Å². The molecule has 0 aliphatic rings. The van der Waals surface area contributed by atoms with Gasteiger partial charge in [-0.2, -0.15) is 0 Å². The summed E-state index contributed by atoms with van der Waals surface area (Å²) >= 11 is 6.31. The minimum atomic E-state index is -0.848. The highest BCUT2D eigenvalue weighted by molar-refractivity contribution is 6.66. The van der Waals surface area contributed by atoms with Crippen LogP contribution in [-0.2, 0) is 0 Å². The van der Waals surface area contributed by atoms with E-state index in [-0.39, 0.29) is 5.00 Å². The molecule has 0 saturated heterocycles. The first kappa shape index (κ1) is 10.6. The van der Waals surface area contributed by atoms with Gasteiger partial charge in [0.2, 0.25) is 0 Å². The Morgan fingerprint density at radius 2 is 1.92 bits per heavy atom. The molecule has 1 aromatic carbocycles. The standard InChI is InChI=1S/C10H15ClOSi/c1-12-9-7-5-4-6-8(9)10(11)13(2)3/h4-7,10,13H,1-3H3. The van der Waals surface area contributed by atoms with Crippen molar-refractivity contribution in [2.75, 3.05) is 7.11 Å². The molecule has 1 aromatic rings. The number of para-hydroxylation sites is 1. The highest BCUT2D eigenvalue weighted by atomic mass is 35.5. The summed E-state index contributed by atoms with van der Waals surface area (Å²) in [5.41, 5.74) is 1.13. The van der Waals surface area contributed by atoms with E-state index in [9.17, 15) is 0 Å². The molecule has 1 rings (SSSR count). The van der Waals surface area contributed by atoms with Gasteiger partial charge in [-0.25, -0.2) is 0 Å². The molecular weight excluding hydrogens is 200 g/mol. The molecule has 1 atom stereocenters. The lowest BCUT2D eigenvalue weighted by molar-refractivity contribution is 0.411. The predicted molar refractivity (Wildman–Crippen MR) is 60.5 cm³/mol. The van der Waals surface area contributed by atoms with Crippen molar-refractivity contribution in [3.8, 4) is 5.75 Å². The molecule has 1 nitrogen and oxygen atoms in total. The van der Waals surface area contributed by atoms with E-state index < -0.39 is 8.80 Å². The van der Waals surface area contributed by atoms with Gasteiger partial charge in [-0.1, -0.05) is 31.3 Å². The third-order valence-corrected chi connectivity index (χ3v) is 5.30. The monoisotopic (exact) mass is 214 g/mol. The summed E-state index contributed by atoms with van der Waals surface area (Å²) in [6.07, 6.45) is 0. The summed E-state index contributed by atoms with van der Waals surface area (Å²) in [6.45, 7) is 4.48. The summed E-state index contributed by atoms with van der Waals surface area (Å²) in [4.78, 5) is 0. The highest BCUT2D eigenvalue weighted by Crippen LogP contribution is 2.30. The van der Waals surface area contributed by atoms with Crippen LogP contribution in [0.4, 0.5) is 0 Å². The van der Waals surface area contributed by atoms with Crippen molar-refractivity contribution in [2.24, 2.45) is 0 Å². The van der Waals surface area contributed by atoms with E-state index in [1.54, 1.807) is 7.11 Å². The van der Waals surface area contributed by atoms with E-state index in [1.165, 1.54) is 0 Å². The maximum atomic E-state index is 6.31. The van der Waals surface area contributed by atoms with E-state index in [0.717, 1.165) is 11.3 Å². The zero-order valence-electron chi connectivity index (χ0n) is 8.25. The van der Waals surface area contributed by atoms with Crippen molar-refractivity contribution in [1.29, 1.82) is 0 Å². The maximum Gasteiger partial charge on any atom is 0.123 e. The molecule has 0 saturated carbocycles. The number of halogens is 1. The van der Waals surface area contributed by atoms with Crippen LogP contribution >= 0.6 is 11.6 Å². The number of hydrogen-bond donors (Lipinski definition) is 0. The molecule has 0 bridgehead atoms. The van der Waals surface area contributed by atoms with Gasteiger partial charge in [0.05, 0.1) is 20.9 Å². The smallest absolute Gasteiger partial charge is 0.123 e. The Kier molecular flexibility index (Phi) is 3.82. The van der Waals surface area contributed by atoms with Crippen LogP contribution in [0, 0.1) is 0 Å². The summed E-state index contributed by atoms with van der Waals surface area (Å²) in [6, 6.07) is 7.98. The van der Waals surface area contributed by atoms with Gasteiger partial charge in [-0.15, -0.1) is 11.6 Å². The Morgan fingerprint density at radius 3 is 2.46 bits per heavy atom. The van der Waals surface area contributed by atoms with Crippen LogP contribution < -0.4 is 4.74 Å². The predicted octanol–water partition coefficient (Wildman–Crippen LogP) is 3.00. The molecule has 3 heteroatoms. The quantitative estimate of drug-likeness (QED) is 0.555. The molecule has 0 N–H and O–H groups in total. The zero-order chi connectivity index (χ0) is 9.84. The average Bonchev–Trinajstić information content (AvgIpc) is 2.16. The van der Waals surface area contributed by atoms with Crippen molar-refractivity contribution in [1.82, 2.24) is 0 Å². The topological polar surface area (TPSA) is 9.23 Å². The van der Waals surface area contributed by atoms with Crippen molar-refractivity contribution in [3.05, 3.63) is 29.8 Å². The van der Waals surface area contributed by atoms with E-state index in [0.29, 0.717) is 0 Å². The van der Waals surface area contributed by atoms with Gasteiger partial charge in [0, 0.05) is 5.56 Å². The molecule has 72 valence electrons. The van der Waals surface area contributed by atoms with Crippen LogP contribution in [0.3, 0.4) is 0 Å². The third kappa shape index (κ3) is 2.48. The second-order valence-electron chi connectivity index (χ2n) is 3.39. The van der Waals surface area contributed by atoms with Crippen LogP contribution in [0.1, 0.15) is 10.6 Å². The lowest BCUT2D eigenvalue weighted by Gasteiger charge is -2.15. The highest BCUT2D eigenvalue weighted by Gasteiger charge is 2.16. The van der Waals surface area contributed by atoms with Crippen LogP contribution in [0.15, 0.2) is 24.3 Å². The number of methoxy groups -OCH3 is 1. The number of ether oxygens (including phenoxy) is 1. The molecule has 0 fully saturated rings. The fraction of sp³-hybridized carbons (Fsp3) is 0.400. The minimum absolute atomic E-state index is 0.163. The Labute approximate surface area is 86.3 Å². The van der Waals surface area contributed by atoms with Crippen LogP contribution in [-0.4, -0.2) is 15.9 Å². The van der Waals surface area contributed by atoms with Gasteiger partial charge in [-0.3, -0.25) is 0 Å². The number of alkyl halides is 1. The van der Waals surface area contributed by atoms with E-state index in [1.807, 2.05) is 24.3 Å². The molecular formula is C10H15ClOSi. The average molecular weight is 215 g/mol. The largest absolute Gasteiger partial charge is 0.496 e. The van der Waals surface area contributed by atoms with Gasteiger partial charge in [-0.05, 0) is 6.07 Å². The van der Waals surface area contributed by atoms with Gasteiger partial charge in [0.15, 0.2) is 0 Å². The number of hydrogen-bond acceptors (Lipinski definition) is 1. The lowest BCUT2D eigenvalue weighted by atomic mass is 10.2. The summed E-state index contributed by atoms with van der Waals surface area (Å²) < 4.78 is 5.25. The van der Waals surface area contributed by atoms with Gasteiger partial charge >= 0.3 is 0 Å². The molecule has 0 radical (unpaired) electrons. The Morgan fingerprint density at radius 1 is 1.31 bits per heavy atom. The summed E-state index contributed by atoms with van der Waals surface area (Å²) in [7, 11) is 0.837. The van der Waals surface area contributed by atoms with E-state index in [4.69, 9.17) is 16.3 Å². The molecule has 0 aliphatic carbocycles. The molecule has 0 aliphatic heterocycles. The Bertz CT molecular complexity index is 275. The zero-order valence-corrected chi connectivity index (χ0v) is 10.2. The fourth-order valence-electron chi connectivity index (χ4n) is 1.25. The fourth-order valence-corrected chi connectivity index (χ4v) is 2.43. The Hall–Kier alpha value is -0.473. The molecule has 0 amide bonds. The van der Waals surface area contributed by atoms with Crippen molar-refractivity contribution in [2.45, 2.75) is 18.1 Å². The van der Waals surface area contributed by atoms with E-state index in [2.05, 4.69) is 13.1 Å².